The van der Waals surface area contributed by atoms with Crippen LogP contribution in [-0.2, 0) is 18.9 Å². The van der Waals surface area contributed by atoms with Crippen molar-refractivity contribution >= 4 is 11.8 Å². The summed E-state index contributed by atoms with van der Waals surface area (Å²) < 4.78 is 1.85. The average molecular weight is 305 g/mol. The molecule has 1 aromatic heterocycles. The normalized spacial score (nSPS) is 14.5. The van der Waals surface area contributed by atoms with E-state index >= 15 is 0 Å². The minimum Gasteiger partial charge on any atom is -0.392 e. The second-order valence-electron chi connectivity index (χ2n) is 5.18. The van der Waals surface area contributed by atoms with Gasteiger partial charge in [0.1, 0.15) is 0 Å². The Morgan fingerprint density at radius 2 is 2.00 bits per heavy atom. The predicted molar refractivity (Wildman–Crippen MR) is 80.8 cm³/mol. The number of tetrazole rings is 1. The van der Waals surface area contributed by atoms with Crippen LogP contribution in [0.2, 0.25) is 0 Å². The molecule has 0 spiro atoms. The van der Waals surface area contributed by atoms with Crippen molar-refractivity contribution in [2.45, 2.75) is 42.9 Å². The van der Waals surface area contributed by atoms with Crippen LogP contribution in [0.25, 0.3) is 0 Å². The van der Waals surface area contributed by atoms with E-state index in [0.29, 0.717) is 6.04 Å². The molecule has 0 amide bonds. The summed E-state index contributed by atoms with van der Waals surface area (Å²) in [4.78, 5) is 0. The fourth-order valence-corrected chi connectivity index (χ4v) is 2.85. The van der Waals surface area contributed by atoms with Crippen LogP contribution in [-0.4, -0.2) is 37.9 Å². The fraction of sp³-hybridized carbons (Fsp3) is 0.500. The Morgan fingerprint density at radius 1 is 1.24 bits per heavy atom. The van der Waals surface area contributed by atoms with Crippen LogP contribution in [0.4, 0.5) is 0 Å². The maximum absolute atomic E-state index is 9.03. The van der Waals surface area contributed by atoms with Crippen molar-refractivity contribution in [3.63, 3.8) is 0 Å². The molecule has 1 fully saturated rings. The molecular formula is C14H19N5OS. The number of hydrogen-bond acceptors (Lipinski definition) is 6. The molecule has 6 nitrogen and oxygen atoms in total. The third kappa shape index (κ3) is 4.26. The highest BCUT2D eigenvalue weighted by atomic mass is 32.2. The summed E-state index contributed by atoms with van der Waals surface area (Å²) in [6.45, 7) is 1.80. The molecule has 0 saturated heterocycles. The number of nitrogens with one attached hydrogen (secondary N) is 1. The van der Waals surface area contributed by atoms with Gasteiger partial charge in [0.2, 0.25) is 5.16 Å². The molecule has 0 atom stereocenters. The SMILES string of the molecule is OCc1ccc(CSc2nnnn2CCNC2CC2)cc1. The lowest BCUT2D eigenvalue weighted by Gasteiger charge is -2.05. The lowest BCUT2D eigenvalue weighted by molar-refractivity contribution is 0.282. The van der Waals surface area contributed by atoms with E-state index < -0.39 is 0 Å². The van der Waals surface area contributed by atoms with E-state index in [9.17, 15) is 0 Å². The van der Waals surface area contributed by atoms with E-state index in [0.717, 1.165) is 29.6 Å². The molecule has 3 rings (SSSR count). The van der Waals surface area contributed by atoms with Crippen LogP contribution in [0.15, 0.2) is 29.4 Å². The maximum atomic E-state index is 9.03. The molecule has 1 heterocycles. The van der Waals surface area contributed by atoms with Gasteiger partial charge in [-0.05, 0) is 34.4 Å². The summed E-state index contributed by atoms with van der Waals surface area (Å²) in [6.07, 6.45) is 2.59. The van der Waals surface area contributed by atoms with Gasteiger partial charge >= 0.3 is 0 Å². The van der Waals surface area contributed by atoms with Crippen LogP contribution in [0.5, 0.6) is 0 Å². The standard InChI is InChI=1S/C14H19N5OS/c20-9-11-1-3-12(4-2-11)10-21-14-16-17-18-19(14)8-7-15-13-5-6-13/h1-4,13,15,20H,5-10H2. The summed E-state index contributed by atoms with van der Waals surface area (Å²) in [7, 11) is 0. The first-order valence-electron chi connectivity index (χ1n) is 7.16. The minimum atomic E-state index is 0.0830. The summed E-state index contributed by atoms with van der Waals surface area (Å²) in [5.74, 6) is 0.822. The van der Waals surface area contributed by atoms with Crippen LogP contribution in [0.1, 0.15) is 24.0 Å². The molecule has 0 bridgehead atoms. The van der Waals surface area contributed by atoms with E-state index in [-0.39, 0.29) is 6.61 Å². The first-order chi connectivity index (χ1) is 10.3. The van der Waals surface area contributed by atoms with Gasteiger partial charge in [0, 0.05) is 18.3 Å². The number of benzene rings is 1. The first-order valence-corrected chi connectivity index (χ1v) is 8.15. The maximum Gasteiger partial charge on any atom is 0.209 e. The largest absolute Gasteiger partial charge is 0.392 e. The Hall–Kier alpha value is -1.44. The van der Waals surface area contributed by atoms with Gasteiger partial charge < -0.3 is 10.4 Å². The molecule has 2 N–H and O–H groups in total. The minimum absolute atomic E-state index is 0.0830. The zero-order valence-corrected chi connectivity index (χ0v) is 12.6. The second-order valence-corrected chi connectivity index (χ2v) is 6.12. The van der Waals surface area contributed by atoms with Crippen LogP contribution < -0.4 is 5.32 Å². The van der Waals surface area contributed by atoms with Crippen LogP contribution in [0.3, 0.4) is 0 Å². The van der Waals surface area contributed by atoms with Gasteiger partial charge in [-0.3, -0.25) is 0 Å². The van der Waals surface area contributed by atoms with Crippen molar-refractivity contribution < 1.29 is 5.11 Å². The Bertz CT molecular complexity index is 567. The smallest absolute Gasteiger partial charge is 0.209 e. The third-order valence-electron chi connectivity index (χ3n) is 3.41. The third-order valence-corrected chi connectivity index (χ3v) is 4.43. The van der Waals surface area contributed by atoms with Gasteiger partial charge in [-0.25, -0.2) is 4.68 Å². The molecule has 0 radical (unpaired) electrons. The summed E-state index contributed by atoms with van der Waals surface area (Å²) >= 11 is 1.63. The zero-order valence-electron chi connectivity index (χ0n) is 11.8. The van der Waals surface area contributed by atoms with Crippen molar-refractivity contribution in [1.82, 2.24) is 25.5 Å². The van der Waals surface area contributed by atoms with E-state index in [2.05, 4.69) is 20.8 Å². The number of hydrogen-bond donors (Lipinski definition) is 2. The number of aliphatic hydroxyl groups is 1. The van der Waals surface area contributed by atoms with Crippen LogP contribution >= 0.6 is 11.8 Å². The molecule has 1 aliphatic carbocycles. The first kappa shape index (κ1) is 14.5. The molecule has 0 aliphatic heterocycles. The lowest BCUT2D eigenvalue weighted by atomic mass is 10.2. The Kier molecular flexibility index (Phi) is 4.84. The van der Waals surface area contributed by atoms with Gasteiger partial charge in [0.25, 0.3) is 0 Å². The summed E-state index contributed by atoms with van der Waals surface area (Å²) in [5, 5.41) is 25.2. The van der Waals surface area contributed by atoms with Crippen molar-refractivity contribution in [2.75, 3.05) is 6.54 Å². The molecule has 7 heteroatoms. The molecule has 1 aliphatic rings. The van der Waals surface area contributed by atoms with Gasteiger partial charge in [0.05, 0.1) is 13.2 Å². The quantitative estimate of drug-likeness (QED) is 0.714. The number of rotatable bonds is 8. The molecular weight excluding hydrogens is 286 g/mol. The van der Waals surface area contributed by atoms with Crippen molar-refractivity contribution in [2.24, 2.45) is 0 Å². The van der Waals surface area contributed by atoms with E-state index in [4.69, 9.17) is 5.11 Å². The predicted octanol–water partition coefficient (Wildman–Crippen LogP) is 1.21. The van der Waals surface area contributed by atoms with Crippen molar-refractivity contribution in [1.29, 1.82) is 0 Å². The van der Waals surface area contributed by atoms with Crippen molar-refractivity contribution in [3.8, 4) is 0 Å². The van der Waals surface area contributed by atoms with E-state index in [1.54, 1.807) is 11.8 Å². The van der Waals surface area contributed by atoms with Gasteiger partial charge in [0.15, 0.2) is 0 Å². The van der Waals surface area contributed by atoms with Crippen LogP contribution in [0, 0.1) is 0 Å². The van der Waals surface area contributed by atoms with Gasteiger partial charge in [-0.15, -0.1) is 5.10 Å². The zero-order chi connectivity index (χ0) is 14.5. The molecule has 112 valence electrons. The average Bonchev–Trinajstić information content (AvgIpc) is 3.24. The molecule has 2 aromatic rings. The van der Waals surface area contributed by atoms with E-state index in [1.807, 2.05) is 28.9 Å². The Labute approximate surface area is 127 Å². The Balaban J connectivity index is 1.50. The Morgan fingerprint density at radius 3 is 2.71 bits per heavy atom. The van der Waals surface area contributed by atoms with Crippen molar-refractivity contribution in [3.05, 3.63) is 35.4 Å². The molecule has 0 unspecified atom stereocenters. The lowest BCUT2D eigenvalue weighted by Crippen LogP contribution is -2.22. The number of nitrogens with zero attached hydrogens (tertiary/aromatic N) is 4. The summed E-state index contributed by atoms with van der Waals surface area (Å²) in [5.41, 5.74) is 2.13. The molecule has 21 heavy (non-hydrogen) atoms. The van der Waals surface area contributed by atoms with Gasteiger partial charge in [-0.2, -0.15) is 0 Å². The highest BCUT2D eigenvalue weighted by Gasteiger charge is 2.20. The highest BCUT2D eigenvalue weighted by molar-refractivity contribution is 7.98. The number of thioether (sulfide) groups is 1. The second kappa shape index (κ2) is 7.02. The van der Waals surface area contributed by atoms with Gasteiger partial charge in [-0.1, -0.05) is 36.0 Å². The van der Waals surface area contributed by atoms with E-state index in [1.165, 1.54) is 18.4 Å². The monoisotopic (exact) mass is 305 g/mol. The summed E-state index contributed by atoms with van der Waals surface area (Å²) in [6, 6.07) is 8.65. The fourth-order valence-electron chi connectivity index (χ4n) is 1.99. The topological polar surface area (TPSA) is 75.9 Å². The number of aromatic nitrogens is 4. The molecule has 1 saturated carbocycles. The molecule has 1 aromatic carbocycles. The highest BCUT2D eigenvalue weighted by Crippen LogP contribution is 2.21. The number of aliphatic hydroxyl groups excluding tert-OH is 1.